The topological polar surface area (TPSA) is 25.3 Å². The standard InChI is InChI=1S/C37H50N2/c1-4-7-10-12-13-14-15-16-18-22-32-23-19-20-25-35(32)36-30-34(24-17-11-8-5-2)37(39(36)38)33-28-26-31(27-29-33)21-9-6-3/h14-15,17,19-20,23-30H,4-13,16,18,21-22H2,1-3H3. The number of hydrogen-bond donors (Lipinski definition) is 0. The Morgan fingerprint density at radius 3 is 2.10 bits per heavy atom. The maximum atomic E-state index is 11.6. The first-order valence-electron chi connectivity index (χ1n) is 15.6. The summed E-state index contributed by atoms with van der Waals surface area (Å²) < 4.78 is 1.43. The molecule has 3 rings (SSSR count). The average molecular weight is 523 g/mol. The molecule has 39 heavy (non-hydrogen) atoms. The highest BCUT2D eigenvalue weighted by Crippen LogP contribution is 2.37. The molecule has 0 radical (unpaired) electrons. The predicted octanol–water partition coefficient (Wildman–Crippen LogP) is 11.4. The third-order valence-corrected chi connectivity index (χ3v) is 7.58. The van der Waals surface area contributed by atoms with E-state index in [9.17, 15) is 5.53 Å². The molecule has 0 aliphatic carbocycles. The van der Waals surface area contributed by atoms with Crippen molar-refractivity contribution in [1.82, 2.24) is 0 Å². The molecule has 2 aromatic rings. The highest BCUT2D eigenvalue weighted by atomic mass is 15.2. The lowest BCUT2D eigenvalue weighted by Gasteiger charge is -2.12. The van der Waals surface area contributed by atoms with E-state index in [1.54, 1.807) is 0 Å². The molecule has 0 aromatic heterocycles. The van der Waals surface area contributed by atoms with Crippen molar-refractivity contribution in [1.29, 1.82) is 0 Å². The number of allylic oxidation sites excluding steroid dienone is 6. The van der Waals surface area contributed by atoms with Gasteiger partial charge >= 0.3 is 0 Å². The van der Waals surface area contributed by atoms with Crippen LogP contribution in [-0.2, 0) is 12.8 Å². The zero-order valence-corrected chi connectivity index (χ0v) is 24.8. The third-order valence-electron chi connectivity index (χ3n) is 7.58. The summed E-state index contributed by atoms with van der Waals surface area (Å²) in [6, 6.07) is 17.3. The van der Waals surface area contributed by atoms with Crippen LogP contribution in [0.5, 0.6) is 0 Å². The van der Waals surface area contributed by atoms with Crippen molar-refractivity contribution in [3.8, 4) is 0 Å². The van der Waals surface area contributed by atoms with Crippen LogP contribution in [0.4, 0.5) is 0 Å². The lowest BCUT2D eigenvalue weighted by molar-refractivity contribution is -0.344. The Bertz CT molecular complexity index is 1140. The van der Waals surface area contributed by atoms with Crippen molar-refractivity contribution in [2.75, 3.05) is 0 Å². The van der Waals surface area contributed by atoms with Gasteiger partial charge in [-0.2, -0.15) is 0 Å². The summed E-state index contributed by atoms with van der Waals surface area (Å²) >= 11 is 0. The summed E-state index contributed by atoms with van der Waals surface area (Å²) in [5, 5.41) is 0. The second-order valence-corrected chi connectivity index (χ2v) is 10.9. The summed E-state index contributed by atoms with van der Waals surface area (Å²) in [5.41, 5.74) is 19.2. The second-order valence-electron chi connectivity index (χ2n) is 10.9. The molecule has 0 spiro atoms. The summed E-state index contributed by atoms with van der Waals surface area (Å²) in [7, 11) is 0. The zero-order chi connectivity index (χ0) is 27.7. The number of benzene rings is 2. The molecule has 208 valence electrons. The van der Waals surface area contributed by atoms with Crippen LogP contribution in [0, 0.1) is 0 Å². The first-order chi connectivity index (χ1) is 19.2. The molecule has 0 unspecified atom stereocenters. The minimum absolute atomic E-state index is 0.872. The molecule has 0 bridgehead atoms. The van der Waals surface area contributed by atoms with Gasteiger partial charge in [-0.3, -0.25) is 0 Å². The van der Waals surface area contributed by atoms with E-state index in [0.717, 1.165) is 60.2 Å². The highest BCUT2D eigenvalue weighted by molar-refractivity contribution is 5.81. The molecule has 0 N–H and O–H groups in total. The molecule has 2 aromatic carbocycles. The molecule has 0 saturated carbocycles. The lowest BCUT2D eigenvalue weighted by Crippen LogP contribution is -2.04. The van der Waals surface area contributed by atoms with E-state index in [4.69, 9.17) is 0 Å². The largest absolute Gasteiger partial charge is 0.493 e. The monoisotopic (exact) mass is 522 g/mol. The minimum Gasteiger partial charge on any atom is -0.493 e. The normalized spacial score (nSPS) is 13.8. The Kier molecular flexibility index (Phi) is 13.8. The van der Waals surface area contributed by atoms with Gasteiger partial charge in [-0.05, 0) is 80.7 Å². The second kappa shape index (κ2) is 17.6. The van der Waals surface area contributed by atoms with Gasteiger partial charge in [-0.1, -0.05) is 114 Å². The molecular formula is C37H50N2. The summed E-state index contributed by atoms with van der Waals surface area (Å²) in [6.45, 7) is 6.72. The summed E-state index contributed by atoms with van der Waals surface area (Å²) in [6.07, 6.45) is 28.0. The number of rotatable bonds is 18. The van der Waals surface area contributed by atoms with E-state index in [2.05, 4.69) is 99.7 Å². The van der Waals surface area contributed by atoms with Crippen LogP contribution >= 0.6 is 0 Å². The first-order valence-corrected chi connectivity index (χ1v) is 15.6. The fraction of sp³-hybridized carbons (Fsp3) is 0.459. The molecular weight excluding hydrogens is 472 g/mol. The van der Waals surface area contributed by atoms with Crippen LogP contribution in [0.25, 0.3) is 16.9 Å². The number of nitrogens with zero attached hydrogens (tertiary/aromatic N) is 2. The molecule has 1 aliphatic heterocycles. The number of aryl methyl sites for hydroxylation is 2. The van der Waals surface area contributed by atoms with E-state index < -0.39 is 0 Å². The number of unbranched alkanes of at least 4 members (excludes halogenated alkanes) is 8. The summed E-state index contributed by atoms with van der Waals surface area (Å²) in [5.74, 6) is 0. The van der Waals surface area contributed by atoms with Gasteiger partial charge in [0.1, 0.15) is 0 Å². The maximum Gasteiger partial charge on any atom is 0.214 e. The molecule has 0 fully saturated rings. The molecule has 1 aliphatic rings. The van der Waals surface area contributed by atoms with Gasteiger partial charge in [0.25, 0.3) is 0 Å². The van der Waals surface area contributed by atoms with Gasteiger partial charge in [-0.25, -0.2) is 4.70 Å². The van der Waals surface area contributed by atoms with E-state index in [1.165, 1.54) is 73.6 Å². The average Bonchev–Trinajstić information content (AvgIpc) is 3.29. The van der Waals surface area contributed by atoms with E-state index in [0.29, 0.717) is 0 Å². The lowest BCUT2D eigenvalue weighted by atomic mass is 9.99. The Morgan fingerprint density at radius 2 is 1.36 bits per heavy atom. The highest BCUT2D eigenvalue weighted by Gasteiger charge is 2.29. The minimum atomic E-state index is 0.872. The van der Waals surface area contributed by atoms with Crippen LogP contribution in [0.15, 0.2) is 84.5 Å². The van der Waals surface area contributed by atoms with E-state index in [-0.39, 0.29) is 0 Å². The van der Waals surface area contributed by atoms with Crippen LogP contribution in [-0.4, -0.2) is 4.70 Å². The quantitative estimate of drug-likeness (QED) is 0.106. The van der Waals surface area contributed by atoms with Crippen LogP contribution in [0.1, 0.15) is 120 Å². The van der Waals surface area contributed by atoms with Crippen LogP contribution in [0.3, 0.4) is 0 Å². The van der Waals surface area contributed by atoms with Crippen molar-refractivity contribution >= 4 is 11.4 Å². The SMILES string of the molecule is CCCCC=CC1=C(c2ccc(CCCC)cc2)[N+](=[N-])C(c2ccccc2CCCC=CCCCCCC)=C1. The van der Waals surface area contributed by atoms with Crippen molar-refractivity contribution in [3.05, 3.63) is 112 Å². The molecule has 0 amide bonds. The van der Waals surface area contributed by atoms with Gasteiger partial charge in [0, 0.05) is 17.2 Å². The fourth-order valence-corrected chi connectivity index (χ4v) is 5.19. The molecule has 0 atom stereocenters. The Labute approximate surface area is 238 Å². The van der Waals surface area contributed by atoms with Crippen LogP contribution in [0.2, 0.25) is 0 Å². The Hall–Kier alpha value is -3.00. The van der Waals surface area contributed by atoms with E-state index in [1.807, 2.05) is 0 Å². The van der Waals surface area contributed by atoms with Gasteiger partial charge in [0.05, 0.1) is 5.57 Å². The predicted molar refractivity (Wildman–Crippen MR) is 170 cm³/mol. The third kappa shape index (κ3) is 9.60. The first kappa shape index (κ1) is 30.5. The van der Waals surface area contributed by atoms with E-state index >= 15 is 0 Å². The van der Waals surface area contributed by atoms with Crippen molar-refractivity contribution in [2.24, 2.45) is 0 Å². The van der Waals surface area contributed by atoms with Gasteiger partial charge in [-0.15, -0.1) is 0 Å². The Morgan fingerprint density at radius 1 is 0.667 bits per heavy atom. The van der Waals surface area contributed by atoms with Gasteiger partial charge < -0.3 is 5.53 Å². The fourth-order valence-electron chi connectivity index (χ4n) is 5.19. The molecule has 2 heteroatoms. The molecule has 0 saturated heterocycles. The summed E-state index contributed by atoms with van der Waals surface area (Å²) in [4.78, 5) is 0. The molecule has 2 nitrogen and oxygen atoms in total. The Balaban J connectivity index is 1.75. The smallest absolute Gasteiger partial charge is 0.214 e. The maximum absolute atomic E-state index is 11.6. The zero-order valence-electron chi connectivity index (χ0n) is 24.8. The van der Waals surface area contributed by atoms with Gasteiger partial charge in [0.2, 0.25) is 11.4 Å². The van der Waals surface area contributed by atoms with Crippen molar-refractivity contribution in [3.63, 3.8) is 0 Å². The van der Waals surface area contributed by atoms with Crippen molar-refractivity contribution in [2.45, 2.75) is 111 Å². The number of hydrogen-bond acceptors (Lipinski definition) is 0. The van der Waals surface area contributed by atoms with Crippen LogP contribution < -0.4 is 0 Å². The van der Waals surface area contributed by atoms with Gasteiger partial charge in [0.15, 0.2) is 0 Å². The van der Waals surface area contributed by atoms with Crippen molar-refractivity contribution < 1.29 is 4.70 Å². The molecule has 1 heterocycles.